The fraction of sp³-hybridized carbons (Fsp3) is 0.846. The first kappa shape index (κ1) is 15.8. The van der Waals surface area contributed by atoms with E-state index < -0.39 is 16.6 Å². The Labute approximate surface area is 114 Å². The lowest BCUT2D eigenvalue weighted by Crippen LogP contribution is -2.29. The van der Waals surface area contributed by atoms with Gasteiger partial charge in [0.05, 0.1) is 0 Å². The number of rotatable bonds is 4. The van der Waals surface area contributed by atoms with Gasteiger partial charge in [-0.3, -0.25) is 0 Å². The van der Waals surface area contributed by atoms with E-state index in [1.165, 1.54) is 0 Å². The third-order valence-electron chi connectivity index (χ3n) is 2.61. The number of hydrogen-bond acceptors (Lipinski definition) is 3. The van der Waals surface area contributed by atoms with Gasteiger partial charge in [-0.2, -0.15) is 0 Å². The summed E-state index contributed by atoms with van der Waals surface area (Å²) in [6.07, 6.45) is 1.97. The van der Waals surface area contributed by atoms with Gasteiger partial charge < -0.3 is 13.8 Å². The molecule has 1 heterocycles. The summed E-state index contributed by atoms with van der Waals surface area (Å²) in [5.41, 5.74) is 0. The smallest absolute Gasteiger partial charge is 0.241 e. The Hall–Kier alpha value is -0.266. The van der Waals surface area contributed by atoms with Crippen LogP contribution >= 0.6 is 0 Å². The molecule has 0 atom stereocenters. The van der Waals surface area contributed by atoms with E-state index in [0.29, 0.717) is 0 Å². The highest BCUT2D eigenvalue weighted by Crippen LogP contribution is 2.26. The molecule has 0 aromatic carbocycles. The van der Waals surface area contributed by atoms with Crippen molar-refractivity contribution in [3.63, 3.8) is 0 Å². The first-order chi connectivity index (χ1) is 8.07. The zero-order chi connectivity index (χ0) is 14.0. The summed E-state index contributed by atoms with van der Waals surface area (Å²) in [5.74, 6) is 2.25. The average Bonchev–Trinajstić information content (AvgIpc) is 2.28. The van der Waals surface area contributed by atoms with Crippen LogP contribution in [-0.4, -0.2) is 41.7 Å². The molecule has 0 amide bonds. The molecular formula is C13H29NO2Si2. The molecule has 0 fully saturated rings. The van der Waals surface area contributed by atoms with E-state index in [1.54, 1.807) is 0 Å². The van der Waals surface area contributed by atoms with Crippen LogP contribution in [0.15, 0.2) is 11.5 Å². The minimum absolute atomic E-state index is 0.987. The first-order valence-electron chi connectivity index (χ1n) is 6.85. The Morgan fingerprint density at radius 1 is 0.778 bits per heavy atom. The van der Waals surface area contributed by atoms with Crippen LogP contribution < -0.4 is 0 Å². The third kappa shape index (κ3) is 6.06. The van der Waals surface area contributed by atoms with Crippen LogP contribution in [0.3, 0.4) is 0 Å². The molecule has 1 aliphatic rings. The molecule has 0 aromatic heterocycles. The van der Waals surface area contributed by atoms with Crippen molar-refractivity contribution in [2.75, 3.05) is 20.1 Å². The molecule has 0 bridgehead atoms. The first-order valence-corrected chi connectivity index (χ1v) is 13.7. The lowest BCUT2D eigenvalue weighted by Gasteiger charge is -2.27. The van der Waals surface area contributed by atoms with Gasteiger partial charge in [0.2, 0.25) is 16.6 Å². The van der Waals surface area contributed by atoms with Crippen LogP contribution in [0.5, 0.6) is 0 Å². The largest absolute Gasteiger partial charge is 0.545 e. The number of hydrogen-bond donors (Lipinski definition) is 0. The summed E-state index contributed by atoms with van der Waals surface area (Å²) in [6.45, 7) is 15.6. The molecular weight excluding hydrogens is 258 g/mol. The summed E-state index contributed by atoms with van der Waals surface area (Å²) in [6, 6.07) is 0. The summed E-state index contributed by atoms with van der Waals surface area (Å²) in [4.78, 5) is 2.36. The fourth-order valence-electron chi connectivity index (χ4n) is 1.93. The maximum Gasteiger partial charge on any atom is 0.241 e. The van der Waals surface area contributed by atoms with E-state index in [-0.39, 0.29) is 0 Å². The van der Waals surface area contributed by atoms with Gasteiger partial charge in [0.25, 0.3) is 0 Å². The molecule has 0 unspecified atom stereocenters. The van der Waals surface area contributed by atoms with E-state index >= 15 is 0 Å². The molecule has 0 spiro atoms. The van der Waals surface area contributed by atoms with Crippen molar-refractivity contribution in [1.82, 2.24) is 4.90 Å². The lowest BCUT2D eigenvalue weighted by atomic mass is 10.3. The third-order valence-corrected chi connectivity index (χ3v) is 4.33. The van der Waals surface area contributed by atoms with Gasteiger partial charge >= 0.3 is 0 Å². The van der Waals surface area contributed by atoms with Gasteiger partial charge in [0.15, 0.2) is 0 Å². The maximum atomic E-state index is 6.25. The van der Waals surface area contributed by atoms with Crippen LogP contribution in [0.4, 0.5) is 0 Å². The molecule has 0 aromatic rings. The monoisotopic (exact) mass is 287 g/mol. The van der Waals surface area contributed by atoms with E-state index in [0.717, 1.165) is 37.4 Å². The standard InChI is InChI=1S/C13H29NO2Si2/c1-14-10-8-12(15-17(2,3)4)13(9-11-14)16-18(5,6)7/h8-11H2,1-7H3. The predicted molar refractivity (Wildman–Crippen MR) is 82.6 cm³/mol. The van der Waals surface area contributed by atoms with E-state index in [4.69, 9.17) is 8.85 Å². The molecule has 0 saturated heterocycles. The van der Waals surface area contributed by atoms with Gasteiger partial charge in [-0.05, 0) is 46.3 Å². The highest BCUT2D eigenvalue weighted by molar-refractivity contribution is 6.70. The summed E-state index contributed by atoms with van der Waals surface area (Å²) >= 11 is 0. The normalized spacial score (nSPS) is 19.7. The summed E-state index contributed by atoms with van der Waals surface area (Å²) < 4.78 is 12.5. The zero-order valence-electron chi connectivity index (χ0n) is 13.1. The SMILES string of the molecule is CN1CCC(O[Si](C)(C)C)=C(O[Si](C)(C)C)CC1. The molecule has 18 heavy (non-hydrogen) atoms. The quantitative estimate of drug-likeness (QED) is 0.737. The summed E-state index contributed by atoms with van der Waals surface area (Å²) in [7, 11) is -0.924. The highest BCUT2D eigenvalue weighted by Gasteiger charge is 2.26. The van der Waals surface area contributed by atoms with E-state index in [9.17, 15) is 0 Å². The van der Waals surface area contributed by atoms with Crippen molar-refractivity contribution in [2.24, 2.45) is 0 Å². The van der Waals surface area contributed by atoms with Crippen LogP contribution in [0.25, 0.3) is 0 Å². The topological polar surface area (TPSA) is 21.7 Å². The molecule has 0 N–H and O–H groups in total. The van der Waals surface area contributed by atoms with Crippen molar-refractivity contribution in [2.45, 2.75) is 52.1 Å². The van der Waals surface area contributed by atoms with E-state index in [1.807, 2.05) is 0 Å². The molecule has 0 radical (unpaired) electrons. The van der Waals surface area contributed by atoms with Gasteiger partial charge in [0, 0.05) is 25.9 Å². The molecule has 3 nitrogen and oxygen atoms in total. The van der Waals surface area contributed by atoms with Crippen molar-refractivity contribution in [3.05, 3.63) is 11.5 Å². The summed E-state index contributed by atoms with van der Waals surface area (Å²) in [5, 5.41) is 0. The Morgan fingerprint density at radius 2 is 1.11 bits per heavy atom. The Kier molecular flexibility index (Phi) is 5.08. The Balaban J connectivity index is 2.89. The van der Waals surface area contributed by atoms with Crippen molar-refractivity contribution in [1.29, 1.82) is 0 Å². The molecule has 0 saturated carbocycles. The zero-order valence-corrected chi connectivity index (χ0v) is 15.1. The predicted octanol–water partition coefficient (Wildman–Crippen LogP) is 3.63. The van der Waals surface area contributed by atoms with Gasteiger partial charge in [0.1, 0.15) is 11.5 Å². The second kappa shape index (κ2) is 5.80. The van der Waals surface area contributed by atoms with Crippen LogP contribution in [-0.2, 0) is 8.85 Å². The second-order valence-electron chi connectivity index (χ2n) is 7.08. The molecule has 5 heteroatoms. The van der Waals surface area contributed by atoms with E-state index in [2.05, 4.69) is 51.2 Å². The molecule has 0 aliphatic carbocycles. The van der Waals surface area contributed by atoms with Crippen LogP contribution in [0, 0.1) is 0 Å². The van der Waals surface area contributed by atoms with Crippen molar-refractivity contribution >= 4 is 16.6 Å². The van der Waals surface area contributed by atoms with Crippen LogP contribution in [0.1, 0.15) is 12.8 Å². The Morgan fingerprint density at radius 3 is 1.39 bits per heavy atom. The lowest BCUT2D eigenvalue weighted by molar-refractivity contribution is 0.324. The fourth-order valence-corrected chi connectivity index (χ4v) is 3.84. The Bertz CT molecular complexity index is 286. The number of nitrogens with zero attached hydrogens (tertiary/aromatic N) is 1. The maximum absolute atomic E-state index is 6.25. The van der Waals surface area contributed by atoms with Crippen molar-refractivity contribution < 1.29 is 8.85 Å². The minimum Gasteiger partial charge on any atom is -0.545 e. The highest BCUT2D eigenvalue weighted by atomic mass is 28.4. The molecule has 1 rings (SSSR count). The van der Waals surface area contributed by atoms with Gasteiger partial charge in [-0.1, -0.05) is 0 Å². The van der Waals surface area contributed by atoms with Gasteiger partial charge in [-0.15, -0.1) is 0 Å². The molecule has 106 valence electrons. The molecule has 1 aliphatic heterocycles. The van der Waals surface area contributed by atoms with Crippen LogP contribution in [0.2, 0.25) is 39.3 Å². The average molecular weight is 288 g/mol. The van der Waals surface area contributed by atoms with Crippen molar-refractivity contribution in [3.8, 4) is 0 Å². The second-order valence-corrected chi connectivity index (χ2v) is 15.9. The van der Waals surface area contributed by atoms with Gasteiger partial charge in [-0.25, -0.2) is 0 Å². The minimum atomic E-state index is -1.55.